The monoisotopic (exact) mass is 304 g/mol. The van der Waals surface area contributed by atoms with Crippen molar-refractivity contribution in [2.24, 2.45) is 0 Å². The van der Waals surface area contributed by atoms with Crippen molar-refractivity contribution in [3.8, 4) is 11.3 Å². The zero-order valence-corrected chi connectivity index (χ0v) is 12.4. The summed E-state index contributed by atoms with van der Waals surface area (Å²) < 4.78 is 9.95. The number of carbonyl (C=O) groups excluding carboxylic acids is 1. The Morgan fingerprint density at radius 2 is 1.86 bits per heavy atom. The number of carboxylic acid groups (broad SMARTS) is 1. The SMILES string of the molecule is CC(C)(C)OC(=O)Nc1c(-c2ccccc2)noc1C(=O)O. The summed E-state index contributed by atoms with van der Waals surface area (Å²) in [7, 11) is 0. The number of aromatic carboxylic acids is 1. The number of benzene rings is 1. The molecule has 0 spiro atoms. The zero-order chi connectivity index (χ0) is 16.3. The van der Waals surface area contributed by atoms with Crippen molar-refractivity contribution in [1.82, 2.24) is 5.16 Å². The van der Waals surface area contributed by atoms with E-state index in [-0.39, 0.29) is 11.4 Å². The van der Waals surface area contributed by atoms with Crippen LogP contribution in [0.25, 0.3) is 11.3 Å². The summed E-state index contributed by atoms with van der Waals surface area (Å²) in [6.45, 7) is 5.11. The molecule has 0 saturated carbocycles. The Bertz CT molecular complexity index is 686. The van der Waals surface area contributed by atoms with E-state index in [0.717, 1.165) is 0 Å². The van der Waals surface area contributed by atoms with Crippen LogP contribution < -0.4 is 5.32 Å². The van der Waals surface area contributed by atoms with E-state index in [0.29, 0.717) is 5.56 Å². The first kappa shape index (κ1) is 15.6. The van der Waals surface area contributed by atoms with Crippen molar-refractivity contribution in [3.05, 3.63) is 36.1 Å². The highest BCUT2D eigenvalue weighted by atomic mass is 16.6. The Morgan fingerprint density at radius 1 is 1.23 bits per heavy atom. The van der Waals surface area contributed by atoms with Crippen LogP contribution in [0.4, 0.5) is 10.5 Å². The Kier molecular flexibility index (Phi) is 4.16. The van der Waals surface area contributed by atoms with E-state index >= 15 is 0 Å². The summed E-state index contributed by atoms with van der Waals surface area (Å²) in [6.07, 6.45) is -0.782. The maximum Gasteiger partial charge on any atom is 0.412 e. The lowest BCUT2D eigenvalue weighted by Gasteiger charge is -2.19. The van der Waals surface area contributed by atoms with Gasteiger partial charge in [0.05, 0.1) is 0 Å². The van der Waals surface area contributed by atoms with E-state index in [4.69, 9.17) is 14.4 Å². The third-order valence-electron chi connectivity index (χ3n) is 2.56. The van der Waals surface area contributed by atoms with Gasteiger partial charge in [-0.2, -0.15) is 0 Å². The van der Waals surface area contributed by atoms with Gasteiger partial charge in [-0.1, -0.05) is 35.5 Å². The van der Waals surface area contributed by atoms with Gasteiger partial charge in [-0.05, 0) is 20.8 Å². The fourth-order valence-corrected chi connectivity index (χ4v) is 1.75. The molecule has 0 aliphatic heterocycles. The first-order chi connectivity index (χ1) is 10.3. The lowest BCUT2D eigenvalue weighted by atomic mass is 10.1. The summed E-state index contributed by atoms with van der Waals surface area (Å²) >= 11 is 0. The van der Waals surface area contributed by atoms with Crippen LogP contribution in [0.2, 0.25) is 0 Å². The Morgan fingerprint density at radius 3 is 2.41 bits per heavy atom. The van der Waals surface area contributed by atoms with Gasteiger partial charge in [0.25, 0.3) is 5.76 Å². The summed E-state index contributed by atoms with van der Waals surface area (Å²) in [6, 6.07) is 8.79. The first-order valence-electron chi connectivity index (χ1n) is 6.56. The standard InChI is InChI=1S/C15H16N2O5/c1-15(2,3)21-14(20)16-11-10(9-7-5-4-6-8-9)17-22-12(11)13(18)19/h4-8H,1-3H3,(H,16,20)(H,18,19). The molecule has 0 atom stereocenters. The molecule has 7 nitrogen and oxygen atoms in total. The van der Waals surface area contributed by atoms with E-state index in [1.165, 1.54) is 0 Å². The largest absolute Gasteiger partial charge is 0.475 e. The predicted molar refractivity (Wildman–Crippen MR) is 78.8 cm³/mol. The maximum atomic E-state index is 11.9. The average Bonchev–Trinajstić information content (AvgIpc) is 2.81. The molecule has 1 aromatic carbocycles. The number of hydrogen-bond acceptors (Lipinski definition) is 5. The number of amides is 1. The van der Waals surface area contributed by atoms with Crippen molar-refractivity contribution in [2.45, 2.75) is 26.4 Å². The highest BCUT2D eigenvalue weighted by Crippen LogP contribution is 2.30. The van der Waals surface area contributed by atoms with Crippen molar-refractivity contribution < 1.29 is 24.0 Å². The van der Waals surface area contributed by atoms with Crippen LogP contribution in [-0.4, -0.2) is 27.9 Å². The molecule has 1 amide bonds. The highest BCUT2D eigenvalue weighted by Gasteiger charge is 2.26. The van der Waals surface area contributed by atoms with E-state index in [9.17, 15) is 9.59 Å². The van der Waals surface area contributed by atoms with Crippen molar-refractivity contribution in [2.75, 3.05) is 5.32 Å². The van der Waals surface area contributed by atoms with E-state index in [1.807, 2.05) is 6.07 Å². The molecule has 0 bridgehead atoms. The molecule has 0 saturated heterocycles. The number of anilines is 1. The molecule has 0 aliphatic rings. The molecular formula is C15H16N2O5. The van der Waals surface area contributed by atoms with Gasteiger partial charge in [-0.3, -0.25) is 5.32 Å². The van der Waals surface area contributed by atoms with Crippen LogP contribution in [-0.2, 0) is 4.74 Å². The molecule has 7 heteroatoms. The second kappa shape index (κ2) is 5.88. The second-order valence-electron chi connectivity index (χ2n) is 5.53. The minimum Gasteiger partial charge on any atom is -0.475 e. The predicted octanol–water partition coefficient (Wildman–Crippen LogP) is 3.39. The molecule has 2 rings (SSSR count). The van der Waals surface area contributed by atoms with E-state index in [2.05, 4.69) is 10.5 Å². The number of nitrogens with one attached hydrogen (secondary N) is 1. The number of aromatic nitrogens is 1. The molecule has 0 aliphatic carbocycles. The third kappa shape index (κ3) is 3.63. The fraction of sp³-hybridized carbons (Fsp3) is 0.267. The van der Waals surface area contributed by atoms with E-state index < -0.39 is 23.4 Å². The number of rotatable bonds is 3. The minimum atomic E-state index is -1.33. The Labute approximate surface area is 126 Å². The second-order valence-corrected chi connectivity index (χ2v) is 5.53. The zero-order valence-electron chi connectivity index (χ0n) is 12.4. The number of nitrogens with zero attached hydrogens (tertiary/aromatic N) is 1. The number of carbonyl (C=O) groups is 2. The van der Waals surface area contributed by atoms with Crippen LogP contribution >= 0.6 is 0 Å². The van der Waals surface area contributed by atoms with Crippen LogP contribution in [0.5, 0.6) is 0 Å². The summed E-state index contributed by atoms with van der Waals surface area (Å²) in [5.41, 5.74) is 0.0963. The van der Waals surface area contributed by atoms with Gasteiger partial charge in [0.2, 0.25) is 0 Å². The van der Waals surface area contributed by atoms with Gasteiger partial charge in [0.1, 0.15) is 17.0 Å². The van der Waals surface area contributed by atoms with Crippen LogP contribution in [0.15, 0.2) is 34.9 Å². The first-order valence-corrected chi connectivity index (χ1v) is 6.56. The molecular weight excluding hydrogens is 288 g/mol. The molecule has 0 unspecified atom stereocenters. The van der Waals surface area contributed by atoms with Gasteiger partial charge >= 0.3 is 12.1 Å². The van der Waals surface area contributed by atoms with Gasteiger partial charge in [0, 0.05) is 5.56 Å². The molecule has 2 N–H and O–H groups in total. The quantitative estimate of drug-likeness (QED) is 0.901. The van der Waals surface area contributed by atoms with Crippen LogP contribution in [0, 0.1) is 0 Å². The minimum absolute atomic E-state index is 0.0343. The van der Waals surface area contributed by atoms with Gasteiger partial charge < -0.3 is 14.4 Å². The summed E-state index contributed by atoms with van der Waals surface area (Å²) in [5, 5.41) is 15.3. The van der Waals surface area contributed by atoms with Crippen molar-refractivity contribution >= 4 is 17.7 Å². The summed E-state index contributed by atoms with van der Waals surface area (Å²) in [5.74, 6) is -1.79. The topological polar surface area (TPSA) is 102 Å². The highest BCUT2D eigenvalue weighted by molar-refractivity contribution is 6.00. The van der Waals surface area contributed by atoms with Gasteiger partial charge in [-0.15, -0.1) is 0 Å². The molecule has 0 fully saturated rings. The molecule has 1 heterocycles. The molecule has 2 aromatic rings. The van der Waals surface area contributed by atoms with Gasteiger partial charge in [-0.25, -0.2) is 9.59 Å². The van der Waals surface area contributed by atoms with Gasteiger partial charge in [0.15, 0.2) is 0 Å². The van der Waals surface area contributed by atoms with E-state index in [1.54, 1.807) is 45.0 Å². The fourth-order valence-electron chi connectivity index (χ4n) is 1.75. The third-order valence-corrected chi connectivity index (χ3v) is 2.56. The van der Waals surface area contributed by atoms with Crippen molar-refractivity contribution in [1.29, 1.82) is 0 Å². The lowest BCUT2D eigenvalue weighted by molar-refractivity contribution is 0.0635. The normalized spacial score (nSPS) is 11.0. The number of ether oxygens (including phenoxy) is 1. The maximum absolute atomic E-state index is 11.9. The van der Waals surface area contributed by atoms with Crippen LogP contribution in [0.3, 0.4) is 0 Å². The molecule has 1 aromatic heterocycles. The average molecular weight is 304 g/mol. The molecule has 22 heavy (non-hydrogen) atoms. The van der Waals surface area contributed by atoms with Crippen molar-refractivity contribution in [3.63, 3.8) is 0 Å². The molecule has 116 valence electrons. The Balaban J connectivity index is 2.38. The smallest absolute Gasteiger partial charge is 0.412 e. The summed E-state index contributed by atoms with van der Waals surface area (Å²) in [4.78, 5) is 23.1. The Hall–Kier alpha value is -2.83. The number of carboxylic acids is 1. The van der Waals surface area contributed by atoms with Crippen LogP contribution in [0.1, 0.15) is 31.3 Å². The number of hydrogen-bond donors (Lipinski definition) is 2. The lowest BCUT2D eigenvalue weighted by Crippen LogP contribution is -2.27. The molecule has 0 radical (unpaired) electrons.